The molecule has 2 aromatic rings. The Hall–Kier alpha value is -2.00. The van der Waals surface area contributed by atoms with Crippen LogP contribution >= 0.6 is 23.1 Å². The predicted octanol–water partition coefficient (Wildman–Crippen LogP) is 3.04. The molecule has 19 heavy (non-hydrogen) atoms. The third kappa shape index (κ3) is 2.88. The molecule has 0 aliphatic rings. The molecule has 1 aromatic heterocycles. The van der Waals surface area contributed by atoms with Gasteiger partial charge in [-0.3, -0.25) is 10.1 Å². The number of halogens is 1. The van der Waals surface area contributed by atoms with Crippen molar-refractivity contribution in [3.05, 3.63) is 45.2 Å². The lowest BCUT2D eigenvalue weighted by Gasteiger charge is -2.03. The first-order valence-electron chi connectivity index (χ1n) is 4.77. The molecule has 2 rings (SSSR count). The first kappa shape index (κ1) is 13.4. The lowest BCUT2D eigenvalue weighted by Crippen LogP contribution is -2.03. The monoisotopic (exact) mass is 300 g/mol. The van der Waals surface area contributed by atoms with Crippen LogP contribution in [0.1, 0.15) is 10.4 Å². The van der Waals surface area contributed by atoms with Crippen LogP contribution in [-0.4, -0.2) is 21.0 Å². The molecule has 0 bridgehead atoms. The second-order valence-electron chi connectivity index (χ2n) is 3.26. The number of hydrogen-bond donors (Lipinski definition) is 1. The van der Waals surface area contributed by atoms with Crippen molar-refractivity contribution in [2.24, 2.45) is 0 Å². The Kier molecular flexibility index (Phi) is 3.76. The number of thiazole rings is 1. The SMILES string of the molecule is O=C(O)c1cc(Sc2nccs2)c([N+](=O)[O-])cc1F. The molecule has 0 amide bonds. The topological polar surface area (TPSA) is 93.3 Å². The fraction of sp³-hybridized carbons (Fsp3) is 0. The standard InChI is InChI=1S/C10H5FN2O4S2/c11-6-4-7(13(16)17)8(3-5(6)9(14)15)19-10-12-1-2-18-10/h1-4H,(H,14,15). The number of hydrogen-bond acceptors (Lipinski definition) is 6. The summed E-state index contributed by atoms with van der Waals surface area (Å²) in [5, 5.41) is 21.3. The summed E-state index contributed by atoms with van der Waals surface area (Å²) in [6.45, 7) is 0. The van der Waals surface area contributed by atoms with E-state index in [1.165, 1.54) is 17.5 Å². The van der Waals surface area contributed by atoms with Gasteiger partial charge in [-0.25, -0.2) is 14.2 Å². The van der Waals surface area contributed by atoms with Crippen LogP contribution in [0.4, 0.5) is 10.1 Å². The van der Waals surface area contributed by atoms with Crippen LogP contribution in [0.5, 0.6) is 0 Å². The molecule has 1 N–H and O–H groups in total. The van der Waals surface area contributed by atoms with Crippen molar-refractivity contribution >= 4 is 34.8 Å². The van der Waals surface area contributed by atoms with E-state index in [-0.39, 0.29) is 4.90 Å². The van der Waals surface area contributed by atoms with E-state index in [1.54, 1.807) is 5.38 Å². The van der Waals surface area contributed by atoms with Crippen molar-refractivity contribution in [1.82, 2.24) is 4.98 Å². The molecular weight excluding hydrogens is 295 g/mol. The summed E-state index contributed by atoms with van der Waals surface area (Å²) in [6, 6.07) is 1.56. The predicted molar refractivity (Wildman–Crippen MR) is 66.3 cm³/mol. The van der Waals surface area contributed by atoms with E-state index in [0.717, 1.165) is 17.8 Å². The smallest absolute Gasteiger partial charge is 0.338 e. The molecule has 0 unspecified atom stereocenters. The highest BCUT2D eigenvalue weighted by Crippen LogP contribution is 2.37. The minimum Gasteiger partial charge on any atom is -0.478 e. The van der Waals surface area contributed by atoms with E-state index in [1.807, 2.05) is 0 Å². The van der Waals surface area contributed by atoms with Crippen molar-refractivity contribution in [3.8, 4) is 0 Å². The van der Waals surface area contributed by atoms with Crippen LogP contribution in [0.2, 0.25) is 0 Å². The van der Waals surface area contributed by atoms with Crippen molar-refractivity contribution in [1.29, 1.82) is 0 Å². The number of aromatic carboxylic acids is 1. The number of nitro benzene ring substituents is 1. The summed E-state index contributed by atoms with van der Waals surface area (Å²) in [7, 11) is 0. The Morgan fingerprint density at radius 1 is 1.53 bits per heavy atom. The second kappa shape index (κ2) is 5.33. The summed E-state index contributed by atoms with van der Waals surface area (Å²) in [6.07, 6.45) is 1.51. The zero-order valence-electron chi connectivity index (χ0n) is 9.07. The van der Waals surface area contributed by atoms with Crippen molar-refractivity contribution in [3.63, 3.8) is 0 Å². The van der Waals surface area contributed by atoms with Crippen LogP contribution in [0, 0.1) is 15.9 Å². The Bertz CT molecular complexity index is 645. The molecule has 0 saturated heterocycles. The number of benzene rings is 1. The highest BCUT2D eigenvalue weighted by molar-refractivity contribution is 8.01. The molecule has 0 spiro atoms. The minimum atomic E-state index is -1.48. The van der Waals surface area contributed by atoms with Gasteiger partial charge in [0.15, 0.2) is 4.34 Å². The summed E-state index contributed by atoms with van der Waals surface area (Å²) in [5.74, 6) is -2.61. The van der Waals surface area contributed by atoms with Crippen molar-refractivity contribution < 1.29 is 19.2 Å². The van der Waals surface area contributed by atoms with Crippen LogP contribution in [-0.2, 0) is 0 Å². The number of nitro groups is 1. The van der Waals surface area contributed by atoms with Gasteiger partial charge in [-0.05, 0) is 6.07 Å². The summed E-state index contributed by atoms with van der Waals surface area (Å²) >= 11 is 2.17. The third-order valence-electron chi connectivity index (χ3n) is 2.08. The first-order chi connectivity index (χ1) is 8.99. The Balaban J connectivity index is 2.52. The van der Waals surface area contributed by atoms with Gasteiger partial charge in [0.1, 0.15) is 5.82 Å². The van der Waals surface area contributed by atoms with Crippen LogP contribution in [0.3, 0.4) is 0 Å². The number of carboxylic acid groups (broad SMARTS) is 1. The highest BCUT2D eigenvalue weighted by atomic mass is 32.2. The fourth-order valence-corrected chi connectivity index (χ4v) is 2.99. The lowest BCUT2D eigenvalue weighted by atomic mass is 10.2. The zero-order valence-corrected chi connectivity index (χ0v) is 10.7. The third-order valence-corrected chi connectivity index (χ3v) is 4.01. The summed E-state index contributed by atoms with van der Waals surface area (Å²) in [4.78, 5) is 24.9. The quantitative estimate of drug-likeness (QED) is 0.689. The van der Waals surface area contributed by atoms with Crippen LogP contribution in [0.25, 0.3) is 0 Å². The van der Waals surface area contributed by atoms with E-state index in [2.05, 4.69) is 4.98 Å². The summed E-state index contributed by atoms with van der Waals surface area (Å²) < 4.78 is 13.9. The molecule has 1 aromatic carbocycles. The van der Waals surface area contributed by atoms with Gasteiger partial charge in [-0.15, -0.1) is 11.3 Å². The Labute approximate surface area is 114 Å². The van der Waals surface area contributed by atoms with Crippen molar-refractivity contribution in [2.45, 2.75) is 9.24 Å². The maximum atomic E-state index is 13.4. The number of nitrogens with zero attached hydrogens (tertiary/aromatic N) is 2. The van der Waals surface area contributed by atoms with E-state index in [9.17, 15) is 19.3 Å². The number of aromatic nitrogens is 1. The van der Waals surface area contributed by atoms with Gasteiger partial charge >= 0.3 is 5.97 Å². The average Bonchev–Trinajstić information content (AvgIpc) is 2.83. The number of carbonyl (C=O) groups is 1. The Morgan fingerprint density at radius 3 is 2.79 bits per heavy atom. The lowest BCUT2D eigenvalue weighted by molar-refractivity contribution is -0.387. The largest absolute Gasteiger partial charge is 0.478 e. The molecule has 0 atom stereocenters. The van der Waals surface area contributed by atoms with Gasteiger partial charge < -0.3 is 5.11 Å². The Morgan fingerprint density at radius 2 is 2.26 bits per heavy atom. The van der Waals surface area contributed by atoms with E-state index in [4.69, 9.17) is 5.11 Å². The van der Waals surface area contributed by atoms with E-state index < -0.39 is 28.0 Å². The molecule has 0 aliphatic carbocycles. The zero-order chi connectivity index (χ0) is 14.0. The molecule has 6 nitrogen and oxygen atoms in total. The second-order valence-corrected chi connectivity index (χ2v) is 5.45. The average molecular weight is 300 g/mol. The normalized spacial score (nSPS) is 10.4. The fourth-order valence-electron chi connectivity index (χ4n) is 1.29. The number of carboxylic acids is 1. The van der Waals surface area contributed by atoms with E-state index in [0.29, 0.717) is 10.4 Å². The molecule has 0 fully saturated rings. The van der Waals surface area contributed by atoms with Crippen LogP contribution in [0.15, 0.2) is 32.9 Å². The van der Waals surface area contributed by atoms with Gasteiger partial charge in [0.05, 0.1) is 21.4 Å². The molecular formula is C10H5FN2O4S2. The van der Waals surface area contributed by atoms with E-state index >= 15 is 0 Å². The van der Waals surface area contributed by atoms with Crippen LogP contribution < -0.4 is 0 Å². The number of rotatable bonds is 4. The molecule has 0 saturated carbocycles. The summed E-state index contributed by atoms with van der Waals surface area (Å²) in [5.41, 5.74) is -1.09. The maximum Gasteiger partial charge on any atom is 0.338 e. The van der Waals surface area contributed by atoms with Gasteiger partial charge in [0, 0.05) is 11.6 Å². The molecule has 0 radical (unpaired) electrons. The highest BCUT2D eigenvalue weighted by Gasteiger charge is 2.22. The minimum absolute atomic E-state index is 0.0405. The van der Waals surface area contributed by atoms with Gasteiger partial charge in [0.25, 0.3) is 5.69 Å². The van der Waals surface area contributed by atoms with Crippen molar-refractivity contribution in [2.75, 3.05) is 0 Å². The molecule has 9 heteroatoms. The molecule has 98 valence electrons. The van der Waals surface area contributed by atoms with Gasteiger partial charge in [-0.1, -0.05) is 11.8 Å². The molecule has 0 aliphatic heterocycles. The maximum absolute atomic E-state index is 13.4. The van der Waals surface area contributed by atoms with Gasteiger partial charge in [-0.2, -0.15) is 0 Å². The first-order valence-corrected chi connectivity index (χ1v) is 6.47. The van der Waals surface area contributed by atoms with Gasteiger partial charge in [0.2, 0.25) is 0 Å². The molecule has 1 heterocycles.